The maximum atomic E-state index is 6.00. The van der Waals surface area contributed by atoms with Gasteiger partial charge in [-0.3, -0.25) is 0 Å². The minimum Gasteiger partial charge on any atom is -0.376 e. The monoisotopic (exact) mass is 431 g/mol. The molecule has 0 radical (unpaired) electrons. The van der Waals surface area contributed by atoms with Gasteiger partial charge in [0, 0.05) is 26.8 Å². The van der Waals surface area contributed by atoms with Crippen molar-refractivity contribution in [3.63, 3.8) is 0 Å². The molecule has 2 heterocycles. The molecule has 0 amide bonds. The molecule has 2 aromatic carbocycles. The van der Waals surface area contributed by atoms with Crippen LogP contribution in [-0.4, -0.2) is 32.1 Å². The minimum atomic E-state index is 0.683. The molecule has 152 valence electrons. The van der Waals surface area contributed by atoms with Crippen LogP contribution in [-0.2, 0) is 11.3 Å². The van der Waals surface area contributed by atoms with E-state index < -0.39 is 0 Å². The zero-order chi connectivity index (χ0) is 20.5. The largest absolute Gasteiger partial charge is 0.376 e. The molecule has 1 aliphatic heterocycles. The molecule has 1 aliphatic carbocycles. The molecule has 0 bridgehead atoms. The van der Waals surface area contributed by atoms with Crippen molar-refractivity contribution in [2.24, 2.45) is 0 Å². The Hall–Kier alpha value is -2.11. The van der Waals surface area contributed by atoms with E-state index in [0.29, 0.717) is 6.61 Å². The van der Waals surface area contributed by atoms with E-state index >= 15 is 0 Å². The van der Waals surface area contributed by atoms with Gasteiger partial charge in [-0.25, -0.2) is 0 Å². The van der Waals surface area contributed by atoms with Crippen LogP contribution in [0.4, 0.5) is 0 Å². The van der Waals surface area contributed by atoms with Crippen molar-refractivity contribution in [3.05, 3.63) is 74.8 Å². The lowest BCUT2D eigenvalue weighted by Gasteiger charge is -2.09. The van der Waals surface area contributed by atoms with Crippen LogP contribution < -0.4 is 10.4 Å². The van der Waals surface area contributed by atoms with Crippen molar-refractivity contribution in [1.29, 1.82) is 0 Å². The summed E-state index contributed by atoms with van der Waals surface area (Å²) in [5.41, 5.74) is 5.26. The molecule has 0 N–H and O–H groups in total. The number of hydrogen-bond acceptors (Lipinski definition) is 4. The Labute approximate surface area is 186 Å². The van der Waals surface area contributed by atoms with Crippen molar-refractivity contribution in [3.8, 4) is 21.6 Å². The summed E-state index contributed by atoms with van der Waals surface area (Å²) in [5.74, 6) is 0. The van der Waals surface area contributed by atoms with E-state index in [0.717, 1.165) is 19.6 Å². The summed E-state index contributed by atoms with van der Waals surface area (Å²) >= 11 is 3.67. The third-order valence-corrected chi connectivity index (χ3v) is 7.50. The molecule has 5 rings (SSSR count). The molecule has 0 saturated heterocycles. The van der Waals surface area contributed by atoms with Gasteiger partial charge in [-0.1, -0.05) is 48.2 Å². The number of benzene rings is 2. The number of rotatable bonds is 6. The molecule has 3 aromatic rings. The molecule has 0 atom stereocenters. The Morgan fingerprint density at radius 2 is 1.87 bits per heavy atom. The fourth-order valence-corrected chi connectivity index (χ4v) is 5.94. The Morgan fingerprint density at radius 1 is 0.967 bits per heavy atom. The summed E-state index contributed by atoms with van der Waals surface area (Å²) in [6, 6.07) is 15.8. The summed E-state index contributed by atoms with van der Waals surface area (Å²) < 4.78 is 6.00. The molecule has 0 saturated carbocycles. The number of ether oxygens (including phenoxy) is 1. The van der Waals surface area contributed by atoms with Crippen molar-refractivity contribution >= 4 is 35.3 Å². The van der Waals surface area contributed by atoms with E-state index in [-0.39, 0.29) is 0 Å². The van der Waals surface area contributed by atoms with Gasteiger partial charge in [-0.15, -0.1) is 11.3 Å². The first kappa shape index (κ1) is 19.8. The molecule has 0 unspecified atom stereocenters. The molecule has 30 heavy (non-hydrogen) atoms. The summed E-state index contributed by atoms with van der Waals surface area (Å²) in [4.78, 5) is 6.18. The summed E-state index contributed by atoms with van der Waals surface area (Å²) in [5, 5.41) is 4.76. The highest BCUT2D eigenvalue weighted by atomic mass is 32.2. The van der Waals surface area contributed by atoms with Gasteiger partial charge >= 0.3 is 0 Å². The van der Waals surface area contributed by atoms with E-state index in [1.165, 1.54) is 47.3 Å². The number of hydrogen-bond donors (Lipinski definition) is 0. The number of thiophene rings is 1. The minimum absolute atomic E-state index is 0.683. The van der Waals surface area contributed by atoms with Crippen LogP contribution in [0.1, 0.15) is 16.9 Å². The Bertz CT molecular complexity index is 1240. The van der Waals surface area contributed by atoms with Crippen LogP contribution >= 0.6 is 23.1 Å². The first-order valence-corrected chi connectivity index (χ1v) is 12.0. The van der Waals surface area contributed by atoms with Gasteiger partial charge in [-0.2, -0.15) is 0 Å². The third-order valence-electron chi connectivity index (χ3n) is 5.46. The van der Waals surface area contributed by atoms with Crippen molar-refractivity contribution in [2.75, 3.05) is 27.2 Å². The number of allylic oxidation sites excluding steroid dienone is 1. The highest BCUT2D eigenvalue weighted by Crippen LogP contribution is 2.41. The average molecular weight is 432 g/mol. The summed E-state index contributed by atoms with van der Waals surface area (Å²) in [7, 11) is 4.21. The number of nitrogens with zero attached hydrogens (tertiary/aromatic N) is 1. The van der Waals surface area contributed by atoms with E-state index in [9.17, 15) is 0 Å². The fourth-order valence-electron chi connectivity index (χ4n) is 4.02. The number of thioether (sulfide) groups is 1. The van der Waals surface area contributed by atoms with Gasteiger partial charge in [0.25, 0.3) is 0 Å². The van der Waals surface area contributed by atoms with Crippen LogP contribution in [0.2, 0.25) is 0 Å². The molecule has 4 heteroatoms. The second-order valence-electron chi connectivity index (χ2n) is 7.99. The standard InChI is InChI=1S/C26H25NOS2/c1-27(2)10-6-11-28-17-21-16-24-23-14-19-8-5-12-29-25(19)15-20(23)13-18-7-3-4-9-22(18)26(24)30-21/h3-5,7-9,12-16H,6,10-11,17H2,1-2H3. The topological polar surface area (TPSA) is 12.5 Å². The van der Waals surface area contributed by atoms with Crippen LogP contribution in [0.15, 0.2) is 58.8 Å². The second-order valence-corrected chi connectivity index (χ2v) is 10.1. The Kier molecular flexibility index (Phi) is 5.66. The molecule has 2 nitrogen and oxygen atoms in total. The zero-order valence-electron chi connectivity index (χ0n) is 17.4. The molecule has 1 aromatic heterocycles. The highest BCUT2D eigenvalue weighted by molar-refractivity contribution is 8.02. The van der Waals surface area contributed by atoms with Crippen molar-refractivity contribution < 1.29 is 4.74 Å². The van der Waals surface area contributed by atoms with E-state index in [2.05, 4.69) is 85.1 Å². The Morgan fingerprint density at radius 3 is 2.77 bits per heavy atom. The quantitative estimate of drug-likeness (QED) is 0.395. The predicted molar refractivity (Wildman–Crippen MR) is 130 cm³/mol. The normalized spacial score (nSPS) is 13.6. The molecular weight excluding hydrogens is 406 g/mol. The van der Waals surface area contributed by atoms with E-state index in [1.54, 1.807) is 11.8 Å². The van der Waals surface area contributed by atoms with Gasteiger partial charge in [0.2, 0.25) is 0 Å². The fraction of sp³-hybridized carbons (Fsp3) is 0.231. The SMILES string of the molecule is CN(C)CCCOCc1cc2c(s1)-c1ccccc1C=c1cc3c(cc1-2)=CC=CS3. The average Bonchev–Trinajstić information content (AvgIpc) is 3.12. The summed E-state index contributed by atoms with van der Waals surface area (Å²) in [6.45, 7) is 2.54. The van der Waals surface area contributed by atoms with Crippen LogP contribution in [0, 0.1) is 0 Å². The maximum Gasteiger partial charge on any atom is 0.0809 e. The van der Waals surface area contributed by atoms with Gasteiger partial charge < -0.3 is 9.64 Å². The van der Waals surface area contributed by atoms with Crippen LogP contribution in [0.3, 0.4) is 0 Å². The first-order valence-electron chi connectivity index (χ1n) is 10.3. The lowest BCUT2D eigenvalue weighted by atomic mass is 10.0. The predicted octanol–water partition coefficient (Wildman–Crippen LogP) is 5.09. The molecule has 0 fully saturated rings. The summed E-state index contributed by atoms with van der Waals surface area (Å²) in [6.07, 6.45) is 7.75. The maximum absolute atomic E-state index is 6.00. The van der Waals surface area contributed by atoms with Gasteiger partial charge in [-0.05, 0) is 83.9 Å². The lowest BCUT2D eigenvalue weighted by Crippen LogP contribution is -2.15. The molecular formula is C26H25NOS2. The van der Waals surface area contributed by atoms with E-state index in [1.807, 2.05) is 11.3 Å². The second kappa shape index (κ2) is 8.56. The highest BCUT2D eigenvalue weighted by Gasteiger charge is 2.19. The van der Waals surface area contributed by atoms with Gasteiger partial charge in [0.05, 0.1) is 6.61 Å². The Balaban J connectivity index is 1.55. The zero-order valence-corrected chi connectivity index (χ0v) is 19.0. The molecule has 2 aliphatic rings. The smallest absolute Gasteiger partial charge is 0.0809 e. The van der Waals surface area contributed by atoms with Crippen LogP contribution in [0.5, 0.6) is 0 Å². The van der Waals surface area contributed by atoms with Gasteiger partial charge in [0.15, 0.2) is 0 Å². The third kappa shape index (κ3) is 3.93. The van der Waals surface area contributed by atoms with E-state index in [4.69, 9.17) is 4.74 Å². The van der Waals surface area contributed by atoms with Gasteiger partial charge in [0.1, 0.15) is 0 Å². The van der Waals surface area contributed by atoms with Crippen molar-refractivity contribution in [1.82, 2.24) is 4.90 Å². The first-order chi connectivity index (χ1) is 14.7. The number of fused-ring (bicyclic) bond motifs is 6. The molecule has 0 spiro atoms. The lowest BCUT2D eigenvalue weighted by molar-refractivity contribution is 0.115. The van der Waals surface area contributed by atoms with Crippen molar-refractivity contribution in [2.45, 2.75) is 17.9 Å². The van der Waals surface area contributed by atoms with Crippen LogP contribution in [0.25, 0.3) is 33.7 Å².